The molecule has 0 saturated heterocycles. The number of aromatic nitrogens is 2. The van der Waals surface area contributed by atoms with Gasteiger partial charge < -0.3 is 9.73 Å². The molecule has 1 fully saturated rings. The zero-order valence-corrected chi connectivity index (χ0v) is 15.8. The van der Waals surface area contributed by atoms with Gasteiger partial charge in [0.1, 0.15) is 0 Å². The second kappa shape index (κ2) is 8.04. The van der Waals surface area contributed by atoms with Crippen molar-refractivity contribution in [2.45, 2.75) is 63.0 Å². The summed E-state index contributed by atoms with van der Waals surface area (Å²) in [6.45, 7) is 6.12. The van der Waals surface area contributed by atoms with Crippen LogP contribution in [0, 0.1) is 12.8 Å². The number of hydrogen-bond donors (Lipinski definition) is 1. The lowest BCUT2D eigenvalue weighted by atomic mass is 9.86. The Balaban J connectivity index is 1.59. The summed E-state index contributed by atoms with van der Waals surface area (Å²) in [7, 11) is 0. The Labute approximate surface area is 153 Å². The van der Waals surface area contributed by atoms with Crippen LogP contribution in [0.25, 0.3) is 11.5 Å². The van der Waals surface area contributed by atoms with Crippen molar-refractivity contribution in [2.24, 2.45) is 5.92 Å². The molecule has 3 rings (SSSR count). The second-order valence-corrected chi connectivity index (χ2v) is 8.17. The lowest BCUT2D eigenvalue weighted by Crippen LogP contribution is -2.44. The number of nitrogens with zero attached hydrogens (tertiary/aromatic N) is 2. The minimum absolute atomic E-state index is 0.0408. The Morgan fingerprint density at radius 3 is 2.88 bits per heavy atom. The molecule has 1 aromatic carbocycles. The van der Waals surface area contributed by atoms with Crippen LogP contribution in [0.2, 0.25) is 0 Å². The molecule has 5 nitrogen and oxygen atoms in total. The first kappa shape index (κ1) is 18.0. The molecule has 1 heterocycles. The van der Waals surface area contributed by atoms with E-state index in [1.165, 1.54) is 31.0 Å². The van der Waals surface area contributed by atoms with Crippen LogP contribution in [0.1, 0.15) is 45.1 Å². The molecule has 1 amide bonds. The number of aryl methyl sites for hydroxylation is 1. The zero-order chi connectivity index (χ0) is 17.8. The number of carbonyl (C=O) groups excluding carboxylic acids is 1. The van der Waals surface area contributed by atoms with Gasteiger partial charge in [-0.1, -0.05) is 49.2 Å². The third-order valence-electron chi connectivity index (χ3n) is 4.76. The normalized spacial score (nSPS) is 21.7. The zero-order valence-electron chi connectivity index (χ0n) is 15.0. The summed E-state index contributed by atoms with van der Waals surface area (Å²) in [5.41, 5.74) is 2.03. The molecule has 1 aliphatic rings. The standard InChI is InChI=1S/C19H25N3O2S/c1-12-7-6-9-15(11-12)18-21-22-19(24-18)25-14(3)17(23)20-16-10-5-4-8-13(16)2/h6-7,9,11,13-14,16H,4-5,8,10H2,1-3H3,(H,20,23)/t13-,14-,16+/m0/s1. The van der Waals surface area contributed by atoms with Crippen molar-refractivity contribution >= 4 is 17.7 Å². The van der Waals surface area contributed by atoms with Gasteiger partial charge >= 0.3 is 0 Å². The van der Waals surface area contributed by atoms with Gasteiger partial charge in [-0.3, -0.25) is 4.79 Å². The number of hydrogen-bond acceptors (Lipinski definition) is 5. The molecule has 3 atom stereocenters. The van der Waals surface area contributed by atoms with E-state index in [2.05, 4.69) is 22.4 Å². The number of rotatable bonds is 5. The first-order valence-corrected chi connectivity index (χ1v) is 9.78. The average Bonchev–Trinajstić information content (AvgIpc) is 3.05. The van der Waals surface area contributed by atoms with Gasteiger partial charge in [0.05, 0.1) is 5.25 Å². The predicted molar refractivity (Wildman–Crippen MR) is 99.4 cm³/mol. The van der Waals surface area contributed by atoms with Crippen molar-refractivity contribution in [3.63, 3.8) is 0 Å². The maximum Gasteiger partial charge on any atom is 0.277 e. The molecule has 25 heavy (non-hydrogen) atoms. The maximum absolute atomic E-state index is 12.5. The molecule has 0 unspecified atom stereocenters. The fraction of sp³-hybridized carbons (Fsp3) is 0.526. The largest absolute Gasteiger partial charge is 0.411 e. The highest BCUT2D eigenvalue weighted by molar-refractivity contribution is 8.00. The van der Waals surface area contributed by atoms with Gasteiger partial charge in [-0.2, -0.15) is 0 Å². The monoisotopic (exact) mass is 359 g/mol. The van der Waals surface area contributed by atoms with Crippen molar-refractivity contribution in [3.8, 4) is 11.5 Å². The van der Waals surface area contributed by atoms with Crippen molar-refractivity contribution in [1.29, 1.82) is 0 Å². The molecular formula is C19H25N3O2S. The minimum Gasteiger partial charge on any atom is -0.411 e. The van der Waals surface area contributed by atoms with Crippen molar-refractivity contribution in [1.82, 2.24) is 15.5 Å². The first-order chi connectivity index (χ1) is 12.0. The van der Waals surface area contributed by atoms with E-state index in [1.807, 2.05) is 38.1 Å². The third kappa shape index (κ3) is 4.63. The van der Waals surface area contributed by atoms with Crippen molar-refractivity contribution in [2.75, 3.05) is 0 Å². The Bertz CT molecular complexity index is 731. The van der Waals surface area contributed by atoms with Gasteiger partial charge in [0.2, 0.25) is 11.8 Å². The highest BCUT2D eigenvalue weighted by Gasteiger charge is 2.26. The fourth-order valence-corrected chi connectivity index (χ4v) is 3.88. The topological polar surface area (TPSA) is 68.0 Å². The highest BCUT2D eigenvalue weighted by atomic mass is 32.2. The van der Waals surface area contributed by atoms with Crippen LogP contribution >= 0.6 is 11.8 Å². The lowest BCUT2D eigenvalue weighted by Gasteiger charge is -2.30. The van der Waals surface area contributed by atoms with Gasteiger partial charge in [-0.25, -0.2) is 0 Å². The second-order valence-electron chi connectivity index (χ2n) is 6.88. The molecule has 0 radical (unpaired) electrons. The summed E-state index contributed by atoms with van der Waals surface area (Å²) in [5, 5.41) is 11.5. The molecule has 0 spiro atoms. The van der Waals surface area contributed by atoms with Crippen LogP contribution < -0.4 is 5.32 Å². The Hall–Kier alpha value is -1.82. The van der Waals surface area contributed by atoms with Crippen molar-refractivity contribution < 1.29 is 9.21 Å². The smallest absolute Gasteiger partial charge is 0.277 e. The highest BCUT2D eigenvalue weighted by Crippen LogP contribution is 2.28. The Morgan fingerprint density at radius 2 is 2.12 bits per heavy atom. The van der Waals surface area contributed by atoms with Crippen LogP contribution in [0.15, 0.2) is 33.9 Å². The molecule has 1 aromatic heterocycles. The predicted octanol–water partition coefficient (Wildman–Crippen LogP) is 4.22. The van der Waals surface area contributed by atoms with Crippen LogP contribution in [-0.2, 0) is 4.79 Å². The van der Waals surface area contributed by atoms with Gasteiger partial charge in [-0.15, -0.1) is 10.2 Å². The molecule has 0 aliphatic heterocycles. The van der Waals surface area contributed by atoms with E-state index < -0.39 is 0 Å². The van der Waals surface area contributed by atoms with E-state index in [9.17, 15) is 4.79 Å². The number of thioether (sulfide) groups is 1. The van der Waals surface area contributed by atoms with E-state index in [0.29, 0.717) is 17.0 Å². The van der Waals surface area contributed by atoms with Gasteiger partial charge in [0, 0.05) is 11.6 Å². The van der Waals surface area contributed by atoms with E-state index in [0.717, 1.165) is 17.5 Å². The van der Waals surface area contributed by atoms with Crippen LogP contribution in [0.4, 0.5) is 0 Å². The third-order valence-corrected chi connectivity index (χ3v) is 5.69. The van der Waals surface area contributed by atoms with E-state index in [1.54, 1.807) is 0 Å². The average molecular weight is 359 g/mol. The first-order valence-electron chi connectivity index (χ1n) is 8.90. The van der Waals surface area contributed by atoms with E-state index in [-0.39, 0.29) is 17.2 Å². The lowest BCUT2D eigenvalue weighted by molar-refractivity contribution is -0.121. The summed E-state index contributed by atoms with van der Waals surface area (Å²) in [6.07, 6.45) is 4.72. The molecule has 1 aliphatic carbocycles. The summed E-state index contributed by atoms with van der Waals surface area (Å²) < 4.78 is 5.72. The molecule has 0 bridgehead atoms. The molecule has 134 valence electrons. The van der Waals surface area contributed by atoms with Crippen LogP contribution in [0.5, 0.6) is 0 Å². The molecular weight excluding hydrogens is 334 g/mol. The quantitative estimate of drug-likeness (QED) is 0.810. The van der Waals surface area contributed by atoms with E-state index >= 15 is 0 Å². The number of benzene rings is 1. The molecule has 1 N–H and O–H groups in total. The van der Waals surface area contributed by atoms with E-state index in [4.69, 9.17) is 4.42 Å². The Morgan fingerprint density at radius 1 is 1.32 bits per heavy atom. The molecule has 2 aromatic rings. The summed E-state index contributed by atoms with van der Waals surface area (Å²) in [6, 6.07) is 8.21. The fourth-order valence-electron chi connectivity index (χ4n) is 3.19. The number of carbonyl (C=O) groups is 1. The molecule has 1 saturated carbocycles. The van der Waals surface area contributed by atoms with Gasteiger partial charge in [-0.05, 0) is 44.7 Å². The van der Waals surface area contributed by atoms with Crippen molar-refractivity contribution in [3.05, 3.63) is 29.8 Å². The van der Waals surface area contributed by atoms with Gasteiger partial charge in [0.15, 0.2) is 0 Å². The maximum atomic E-state index is 12.5. The minimum atomic E-state index is -0.264. The SMILES string of the molecule is Cc1cccc(-c2nnc(S[C@@H](C)C(=O)N[C@@H]3CCCC[C@@H]3C)o2)c1. The van der Waals surface area contributed by atoms with Gasteiger partial charge in [0.25, 0.3) is 5.22 Å². The number of nitrogens with one attached hydrogen (secondary N) is 1. The summed E-state index contributed by atoms with van der Waals surface area (Å²) in [4.78, 5) is 12.5. The Kier molecular flexibility index (Phi) is 5.78. The van der Waals surface area contributed by atoms with Crippen LogP contribution in [-0.4, -0.2) is 27.4 Å². The summed E-state index contributed by atoms with van der Waals surface area (Å²) in [5.74, 6) is 1.07. The molecule has 6 heteroatoms. The van der Waals surface area contributed by atoms with Crippen LogP contribution in [0.3, 0.4) is 0 Å². The summed E-state index contributed by atoms with van der Waals surface area (Å²) >= 11 is 1.31. The number of amides is 1.